The maximum absolute atomic E-state index is 12.5. The first-order valence-corrected chi connectivity index (χ1v) is 10.6. The Hall–Kier alpha value is -2.79. The van der Waals surface area contributed by atoms with Crippen LogP contribution in [-0.2, 0) is 11.2 Å². The number of nitrogens with two attached hydrogens (primary N) is 1. The second-order valence-electron chi connectivity index (χ2n) is 8.10. The van der Waals surface area contributed by atoms with Crippen LogP contribution in [0.15, 0.2) is 18.2 Å². The van der Waals surface area contributed by atoms with E-state index in [1.165, 1.54) is 6.07 Å². The highest BCUT2D eigenvalue weighted by Gasteiger charge is 2.38. The minimum absolute atomic E-state index is 0.0107. The van der Waals surface area contributed by atoms with Crippen LogP contribution in [0.5, 0.6) is 5.75 Å². The molecule has 10 nitrogen and oxygen atoms in total. The Morgan fingerprint density at radius 1 is 1.16 bits per heavy atom. The van der Waals surface area contributed by atoms with Crippen molar-refractivity contribution in [3.05, 3.63) is 29.3 Å². The van der Waals surface area contributed by atoms with Crippen molar-refractivity contribution in [3.63, 3.8) is 0 Å². The summed E-state index contributed by atoms with van der Waals surface area (Å²) in [5.41, 5.74) is 5.99. The van der Waals surface area contributed by atoms with Gasteiger partial charge < -0.3 is 36.5 Å². The molecule has 3 rings (SSSR count). The van der Waals surface area contributed by atoms with E-state index < -0.39 is 19.0 Å². The monoisotopic (exact) mass is 432 g/mol. The molecule has 1 aromatic carbocycles. The molecular formula is C20H29BN4O6. The quantitative estimate of drug-likeness (QED) is 0.331. The van der Waals surface area contributed by atoms with Crippen LogP contribution in [0.2, 0.25) is 0 Å². The third-order valence-corrected chi connectivity index (χ3v) is 5.78. The van der Waals surface area contributed by atoms with E-state index in [0.717, 1.165) is 25.7 Å². The number of carboxylic acid groups (broad SMARTS) is 1. The number of carboxylic acids is 1. The van der Waals surface area contributed by atoms with Gasteiger partial charge in [0.25, 0.3) is 0 Å². The summed E-state index contributed by atoms with van der Waals surface area (Å²) >= 11 is 0. The molecule has 2 aliphatic rings. The lowest BCUT2D eigenvalue weighted by Gasteiger charge is -2.31. The molecule has 0 bridgehead atoms. The normalized spacial score (nSPS) is 22.6. The second kappa shape index (κ2) is 10.5. The molecule has 11 heteroatoms. The molecule has 7 N–H and O–H groups in total. The number of amides is 3. The number of rotatable bonds is 7. The first-order chi connectivity index (χ1) is 14.9. The summed E-state index contributed by atoms with van der Waals surface area (Å²) in [6.07, 6.45) is 3.87. The van der Waals surface area contributed by atoms with Gasteiger partial charge >= 0.3 is 19.1 Å². The van der Waals surface area contributed by atoms with E-state index in [9.17, 15) is 24.5 Å². The fourth-order valence-corrected chi connectivity index (χ4v) is 4.18. The number of hydrogen-bond acceptors (Lipinski definition) is 6. The number of carbonyl (C=O) groups excluding carboxylic acids is 2. The molecule has 3 amide bonds. The third kappa shape index (κ3) is 6.11. The molecule has 1 fully saturated rings. The van der Waals surface area contributed by atoms with E-state index in [0.29, 0.717) is 25.1 Å². The molecule has 1 aromatic rings. The Bertz CT molecular complexity index is 815. The van der Waals surface area contributed by atoms with Crippen molar-refractivity contribution in [3.8, 4) is 5.75 Å². The van der Waals surface area contributed by atoms with Crippen LogP contribution in [0, 0.1) is 5.92 Å². The second-order valence-corrected chi connectivity index (χ2v) is 8.10. The number of benzene rings is 1. The number of urea groups is 1. The van der Waals surface area contributed by atoms with E-state index in [2.05, 4.69) is 16.0 Å². The van der Waals surface area contributed by atoms with Gasteiger partial charge in [0.15, 0.2) is 0 Å². The zero-order valence-electron chi connectivity index (χ0n) is 17.3. The van der Waals surface area contributed by atoms with Crippen LogP contribution < -0.4 is 26.3 Å². The van der Waals surface area contributed by atoms with Crippen molar-refractivity contribution in [1.82, 2.24) is 16.0 Å². The van der Waals surface area contributed by atoms with Gasteiger partial charge in [-0.1, -0.05) is 12.1 Å². The Morgan fingerprint density at radius 2 is 1.90 bits per heavy atom. The molecule has 1 aliphatic heterocycles. The zero-order chi connectivity index (χ0) is 22.4. The highest BCUT2D eigenvalue weighted by molar-refractivity contribution is 6.47. The van der Waals surface area contributed by atoms with Gasteiger partial charge in [-0.3, -0.25) is 4.79 Å². The SMILES string of the molecule is NCCNC(=O)NC1CCC(CC(=O)N[C@H]2Cc3cccc(C(=O)O)c3OB2O)CC1. The first kappa shape index (κ1) is 22.9. The summed E-state index contributed by atoms with van der Waals surface area (Å²) in [7, 11) is -1.32. The molecular weight excluding hydrogens is 403 g/mol. The average molecular weight is 432 g/mol. The van der Waals surface area contributed by atoms with Gasteiger partial charge in [0.05, 0.1) is 11.5 Å². The van der Waals surface area contributed by atoms with Crippen molar-refractivity contribution in [2.45, 2.75) is 50.5 Å². The molecule has 168 valence electrons. The highest BCUT2D eigenvalue weighted by atomic mass is 16.5. The number of fused-ring (bicyclic) bond motifs is 1. The highest BCUT2D eigenvalue weighted by Crippen LogP contribution is 2.31. The van der Waals surface area contributed by atoms with Gasteiger partial charge in [-0.15, -0.1) is 0 Å². The number of carbonyl (C=O) groups is 3. The number of hydrogen-bond donors (Lipinski definition) is 6. The smallest absolute Gasteiger partial charge is 0.534 e. The lowest BCUT2D eigenvalue weighted by atomic mass is 9.72. The molecule has 0 saturated heterocycles. The Morgan fingerprint density at radius 3 is 2.58 bits per heavy atom. The Labute approximate surface area is 181 Å². The summed E-state index contributed by atoms with van der Waals surface area (Å²) in [5.74, 6) is -1.60. The van der Waals surface area contributed by atoms with Crippen molar-refractivity contribution >= 4 is 25.0 Å². The van der Waals surface area contributed by atoms with E-state index in [1.807, 2.05) is 0 Å². The third-order valence-electron chi connectivity index (χ3n) is 5.78. The largest absolute Gasteiger partial charge is 0.547 e. The maximum atomic E-state index is 12.5. The number of nitrogens with one attached hydrogen (secondary N) is 3. The summed E-state index contributed by atoms with van der Waals surface area (Å²) in [5, 5.41) is 28.0. The van der Waals surface area contributed by atoms with Gasteiger partial charge in [0.2, 0.25) is 5.91 Å². The van der Waals surface area contributed by atoms with Crippen LogP contribution in [0.1, 0.15) is 48.0 Å². The summed E-state index contributed by atoms with van der Waals surface area (Å²) in [4.78, 5) is 35.6. The minimum Gasteiger partial charge on any atom is -0.534 e. The summed E-state index contributed by atoms with van der Waals surface area (Å²) in [6.45, 7) is 0.822. The summed E-state index contributed by atoms with van der Waals surface area (Å²) in [6, 6.07) is 4.63. The van der Waals surface area contributed by atoms with Gasteiger partial charge in [-0.25, -0.2) is 9.59 Å². The fourth-order valence-electron chi connectivity index (χ4n) is 4.18. The van der Waals surface area contributed by atoms with Gasteiger partial charge in [0.1, 0.15) is 5.75 Å². The van der Waals surface area contributed by atoms with Crippen molar-refractivity contribution in [2.24, 2.45) is 11.7 Å². The van der Waals surface area contributed by atoms with Crippen LogP contribution >= 0.6 is 0 Å². The molecule has 1 saturated carbocycles. The number of para-hydroxylation sites is 1. The first-order valence-electron chi connectivity index (χ1n) is 10.6. The topological polar surface area (TPSA) is 163 Å². The lowest BCUT2D eigenvalue weighted by molar-refractivity contribution is -0.122. The van der Waals surface area contributed by atoms with E-state index in [-0.39, 0.29) is 41.6 Å². The maximum Gasteiger partial charge on any atom is 0.547 e. The van der Waals surface area contributed by atoms with Crippen LogP contribution in [0.3, 0.4) is 0 Å². The van der Waals surface area contributed by atoms with E-state index in [1.54, 1.807) is 12.1 Å². The molecule has 0 aromatic heterocycles. The Kier molecular flexibility index (Phi) is 7.75. The van der Waals surface area contributed by atoms with Gasteiger partial charge in [-0.2, -0.15) is 0 Å². The lowest BCUT2D eigenvalue weighted by Crippen LogP contribution is -2.53. The fraction of sp³-hybridized carbons (Fsp3) is 0.550. The predicted octanol–water partition coefficient (Wildman–Crippen LogP) is 0.0310. The minimum atomic E-state index is -1.32. The molecule has 31 heavy (non-hydrogen) atoms. The van der Waals surface area contributed by atoms with Crippen LogP contribution in [0.4, 0.5) is 4.79 Å². The molecule has 0 radical (unpaired) electrons. The van der Waals surface area contributed by atoms with Crippen LogP contribution in [-0.4, -0.2) is 60.2 Å². The van der Waals surface area contributed by atoms with Gasteiger partial charge in [0, 0.05) is 25.6 Å². The van der Waals surface area contributed by atoms with E-state index >= 15 is 0 Å². The molecule has 1 atom stereocenters. The predicted molar refractivity (Wildman–Crippen MR) is 114 cm³/mol. The van der Waals surface area contributed by atoms with Crippen LogP contribution in [0.25, 0.3) is 0 Å². The molecule has 1 aliphatic carbocycles. The molecule has 1 heterocycles. The average Bonchev–Trinajstić information content (AvgIpc) is 2.73. The van der Waals surface area contributed by atoms with Crippen molar-refractivity contribution in [1.29, 1.82) is 0 Å². The van der Waals surface area contributed by atoms with Crippen molar-refractivity contribution < 1.29 is 29.2 Å². The molecule has 0 unspecified atom stereocenters. The van der Waals surface area contributed by atoms with Crippen molar-refractivity contribution in [2.75, 3.05) is 13.1 Å². The Balaban J connectivity index is 1.46. The number of aromatic carboxylic acids is 1. The van der Waals surface area contributed by atoms with E-state index in [4.69, 9.17) is 10.4 Å². The molecule has 0 spiro atoms. The zero-order valence-corrected chi connectivity index (χ0v) is 17.3. The summed E-state index contributed by atoms with van der Waals surface area (Å²) < 4.78 is 5.41. The van der Waals surface area contributed by atoms with Gasteiger partial charge in [-0.05, 0) is 49.7 Å². The standard InChI is InChI=1S/C20H29BN4O6/c22-8-9-23-20(29)24-14-6-4-12(5-7-14)10-17(26)25-16-11-13-2-1-3-15(19(27)28)18(13)31-21(16)30/h1-3,12,14,16,30H,4-11,22H2,(H,25,26)(H,27,28)(H2,23,24,29)/t12?,14?,16-/m0/s1.